The van der Waals surface area contributed by atoms with E-state index in [9.17, 15) is 31.1 Å². The predicted octanol–water partition coefficient (Wildman–Crippen LogP) is 5.86. The second-order valence-corrected chi connectivity index (χ2v) is 7.77. The van der Waals surface area contributed by atoms with Gasteiger partial charge in [-0.1, -0.05) is 0 Å². The molecule has 1 aromatic heterocycles. The summed E-state index contributed by atoms with van der Waals surface area (Å²) in [5.41, 5.74) is 3.13. The maximum absolute atomic E-state index is 13.4. The lowest BCUT2D eigenvalue weighted by Gasteiger charge is -2.17. The number of rotatable bonds is 7. The fraction of sp³-hybridized carbons (Fsp3) is 0.292. The maximum atomic E-state index is 13.4. The van der Waals surface area contributed by atoms with Crippen LogP contribution in [-0.2, 0) is 25.3 Å². The summed E-state index contributed by atoms with van der Waals surface area (Å²) in [5.74, 6) is 0.200. The summed E-state index contributed by atoms with van der Waals surface area (Å²) in [4.78, 5) is 11.9. The molecule has 0 spiro atoms. The van der Waals surface area contributed by atoms with Gasteiger partial charge >= 0.3 is 12.4 Å². The van der Waals surface area contributed by atoms with Gasteiger partial charge in [0.25, 0.3) is 5.91 Å². The molecule has 0 fully saturated rings. The molecule has 0 aliphatic heterocycles. The zero-order valence-corrected chi connectivity index (χ0v) is 19.0. The molecule has 35 heavy (non-hydrogen) atoms. The minimum Gasteiger partial charge on any atom is -0.497 e. The summed E-state index contributed by atoms with van der Waals surface area (Å²) in [7, 11) is 2.94. The van der Waals surface area contributed by atoms with E-state index in [1.807, 2.05) is 0 Å². The van der Waals surface area contributed by atoms with Crippen LogP contribution >= 0.6 is 0 Å². The molecule has 0 bridgehead atoms. The molecule has 0 radical (unpaired) electrons. The normalized spacial score (nSPS) is 12.0. The van der Waals surface area contributed by atoms with Crippen LogP contribution in [0.15, 0.2) is 42.5 Å². The molecule has 0 aliphatic carbocycles. The lowest BCUT2D eigenvalue weighted by molar-refractivity contribution is -0.143. The van der Waals surface area contributed by atoms with E-state index in [-0.39, 0.29) is 35.9 Å². The molecule has 5 nitrogen and oxygen atoms in total. The smallest absolute Gasteiger partial charge is 0.416 e. The van der Waals surface area contributed by atoms with E-state index in [0.717, 1.165) is 0 Å². The minimum atomic E-state index is -5.01. The fourth-order valence-electron chi connectivity index (χ4n) is 3.83. The van der Waals surface area contributed by atoms with Gasteiger partial charge in [-0.25, -0.2) is 0 Å². The van der Waals surface area contributed by atoms with Gasteiger partial charge in [-0.15, -0.1) is 0 Å². The van der Waals surface area contributed by atoms with Gasteiger partial charge in [0.15, 0.2) is 0 Å². The van der Waals surface area contributed by atoms with Crippen molar-refractivity contribution in [1.29, 1.82) is 0 Å². The first-order valence-corrected chi connectivity index (χ1v) is 10.3. The molecule has 3 rings (SSSR count). The molecule has 11 heteroatoms. The highest BCUT2D eigenvalue weighted by Crippen LogP contribution is 2.39. The quantitative estimate of drug-likeness (QED) is 0.414. The molecular formula is C24H22F6N2O3. The van der Waals surface area contributed by atoms with Crippen molar-refractivity contribution in [3.63, 3.8) is 0 Å². The van der Waals surface area contributed by atoms with Gasteiger partial charge in [-0.2, -0.15) is 26.3 Å². The van der Waals surface area contributed by atoms with Crippen molar-refractivity contribution in [2.24, 2.45) is 5.73 Å². The second-order valence-electron chi connectivity index (χ2n) is 7.77. The number of aromatic nitrogens is 1. The number of halogens is 6. The summed E-state index contributed by atoms with van der Waals surface area (Å²) in [5, 5.41) is 0. The monoisotopic (exact) mass is 500 g/mol. The molecule has 2 aromatic carbocycles. The van der Waals surface area contributed by atoms with Gasteiger partial charge in [-0.3, -0.25) is 4.79 Å². The number of carbonyl (C=O) groups excluding carboxylic acids is 1. The average Bonchev–Trinajstić information content (AvgIpc) is 3.12. The fourth-order valence-corrected chi connectivity index (χ4v) is 3.83. The van der Waals surface area contributed by atoms with Crippen molar-refractivity contribution in [3.8, 4) is 22.8 Å². The Labute approximate surface area is 197 Å². The van der Waals surface area contributed by atoms with Crippen LogP contribution in [0.5, 0.6) is 11.5 Å². The third-order valence-corrected chi connectivity index (χ3v) is 5.61. The Balaban J connectivity index is 2.16. The number of hydrogen-bond donors (Lipinski definition) is 1. The average molecular weight is 500 g/mol. The number of benzene rings is 2. The standard InChI is InChI=1S/C24H22F6N2O3/c1-13-19(22(31)33)12-20(15-8-16(23(25,26)27)11-17(9-15)24(28,29)30)32(13)7-6-14-10-18(34-2)4-5-21(14)35-3/h4-5,8-12H,6-7H2,1-3H3,(H2,31,33). The van der Waals surface area contributed by atoms with Crippen LogP contribution in [0.3, 0.4) is 0 Å². The number of amides is 1. The van der Waals surface area contributed by atoms with Gasteiger partial charge in [0.05, 0.1) is 30.9 Å². The third kappa shape index (κ3) is 5.55. The number of methoxy groups -OCH3 is 2. The second kappa shape index (κ2) is 9.55. The van der Waals surface area contributed by atoms with Crippen LogP contribution in [-0.4, -0.2) is 24.7 Å². The first kappa shape index (κ1) is 26.0. The van der Waals surface area contributed by atoms with Crippen molar-refractivity contribution in [1.82, 2.24) is 4.57 Å². The largest absolute Gasteiger partial charge is 0.497 e. The van der Waals surface area contributed by atoms with Crippen LogP contribution in [0.4, 0.5) is 26.3 Å². The zero-order chi connectivity index (χ0) is 26.1. The SMILES string of the molecule is COc1ccc(OC)c(CCn2c(-c3cc(C(F)(F)F)cc(C(F)(F)F)c3)cc(C(N)=O)c2C)c1. The van der Waals surface area contributed by atoms with Crippen LogP contribution in [0.25, 0.3) is 11.3 Å². The summed E-state index contributed by atoms with van der Waals surface area (Å²) < 4.78 is 92.5. The molecule has 0 saturated heterocycles. The maximum Gasteiger partial charge on any atom is 0.416 e. The first-order chi connectivity index (χ1) is 16.3. The Kier molecular flexibility index (Phi) is 7.09. The minimum absolute atomic E-state index is 0.00485. The first-order valence-electron chi connectivity index (χ1n) is 10.3. The Hall–Kier alpha value is -3.63. The summed E-state index contributed by atoms with van der Waals surface area (Å²) in [6.45, 7) is 1.63. The van der Waals surface area contributed by atoms with E-state index in [1.54, 1.807) is 18.2 Å². The highest BCUT2D eigenvalue weighted by atomic mass is 19.4. The van der Waals surface area contributed by atoms with Gasteiger partial charge in [0.2, 0.25) is 0 Å². The summed E-state index contributed by atoms with van der Waals surface area (Å²) in [6, 6.07) is 7.57. The Morgan fingerprint density at radius 2 is 1.51 bits per heavy atom. The number of carbonyl (C=O) groups is 1. The summed E-state index contributed by atoms with van der Waals surface area (Å²) in [6.07, 6.45) is -9.75. The number of primary amides is 1. The van der Waals surface area contributed by atoms with E-state index < -0.39 is 29.4 Å². The van der Waals surface area contributed by atoms with E-state index in [1.165, 1.54) is 31.8 Å². The van der Waals surface area contributed by atoms with Gasteiger partial charge < -0.3 is 19.8 Å². The van der Waals surface area contributed by atoms with Gasteiger partial charge in [0, 0.05) is 17.9 Å². The van der Waals surface area contributed by atoms with Crippen molar-refractivity contribution in [3.05, 3.63) is 70.4 Å². The molecule has 3 aromatic rings. The van der Waals surface area contributed by atoms with Gasteiger partial charge in [0.1, 0.15) is 11.5 Å². The number of nitrogens with two attached hydrogens (primary N) is 1. The Morgan fingerprint density at radius 3 is 2.00 bits per heavy atom. The molecule has 0 aliphatic rings. The van der Waals surface area contributed by atoms with Crippen LogP contribution < -0.4 is 15.2 Å². The van der Waals surface area contributed by atoms with Crippen molar-refractivity contribution in [2.75, 3.05) is 14.2 Å². The molecule has 0 unspecified atom stereocenters. The Morgan fingerprint density at radius 1 is 0.914 bits per heavy atom. The van der Waals surface area contributed by atoms with Gasteiger partial charge in [-0.05, 0) is 66.9 Å². The summed E-state index contributed by atoms with van der Waals surface area (Å²) >= 11 is 0. The molecule has 1 heterocycles. The third-order valence-electron chi connectivity index (χ3n) is 5.61. The Bertz CT molecular complexity index is 1210. The van der Waals surface area contributed by atoms with Crippen molar-refractivity contribution >= 4 is 5.91 Å². The van der Waals surface area contributed by atoms with E-state index >= 15 is 0 Å². The number of hydrogen-bond acceptors (Lipinski definition) is 3. The molecule has 0 atom stereocenters. The zero-order valence-electron chi connectivity index (χ0n) is 19.0. The lowest BCUT2D eigenvalue weighted by atomic mass is 10.0. The van der Waals surface area contributed by atoms with E-state index in [0.29, 0.717) is 34.9 Å². The lowest BCUT2D eigenvalue weighted by Crippen LogP contribution is -2.13. The highest BCUT2D eigenvalue weighted by Gasteiger charge is 2.37. The molecule has 1 amide bonds. The van der Waals surface area contributed by atoms with Crippen LogP contribution in [0.2, 0.25) is 0 Å². The van der Waals surface area contributed by atoms with Crippen LogP contribution in [0.1, 0.15) is 32.7 Å². The number of alkyl halides is 6. The number of nitrogens with zero attached hydrogens (tertiary/aromatic N) is 1. The molecular weight excluding hydrogens is 478 g/mol. The van der Waals surface area contributed by atoms with Crippen molar-refractivity contribution in [2.45, 2.75) is 32.2 Å². The van der Waals surface area contributed by atoms with Crippen molar-refractivity contribution < 1.29 is 40.6 Å². The van der Waals surface area contributed by atoms with E-state index in [4.69, 9.17) is 15.2 Å². The predicted molar refractivity (Wildman–Crippen MR) is 116 cm³/mol. The van der Waals surface area contributed by atoms with E-state index in [2.05, 4.69) is 0 Å². The molecule has 0 saturated carbocycles. The number of aryl methyl sites for hydroxylation is 1. The highest BCUT2D eigenvalue weighted by molar-refractivity contribution is 5.95. The molecule has 188 valence electrons. The topological polar surface area (TPSA) is 66.5 Å². The molecule has 2 N–H and O–H groups in total. The number of ether oxygens (including phenoxy) is 2. The van der Waals surface area contributed by atoms with Crippen LogP contribution in [0, 0.1) is 6.92 Å².